The Bertz CT molecular complexity index is 384. The van der Waals surface area contributed by atoms with Gasteiger partial charge < -0.3 is 9.90 Å². The largest absolute Gasteiger partial charge is 0.392 e. The Morgan fingerprint density at radius 3 is 2.07 bits per heavy atom. The highest BCUT2D eigenvalue weighted by molar-refractivity contribution is 7.85. The molecule has 6 heteroatoms. The van der Waals surface area contributed by atoms with Crippen LogP contribution in [0.3, 0.4) is 0 Å². The van der Waals surface area contributed by atoms with Crippen molar-refractivity contribution in [3.05, 3.63) is 29.8 Å². The van der Waals surface area contributed by atoms with Crippen LogP contribution in [0.1, 0.15) is 5.56 Å². The first-order chi connectivity index (χ1) is 6.55. The molecule has 0 heterocycles. The lowest BCUT2D eigenvalue weighted by Crippen LogP contribution is -2.02. The molecule has 0 spiro atoms. The molecule has 0 radical (unpaired) electrons. The van der Waals surface area contributed by atoms with E-state index in [4.69, 9.17) is 14.5 Å². The molecule has 1 aromatic carbocycles. The van der Waals surface area contributed by atoms with E-state index in [0.717, 1.165) is 0 Å². The van der Waals surface area contributed by atoms with Crippen LogP contribution in [0.2, 0.25) is 0 Å². The Kier molecular flexibility index (Phi) is 5.00. The zero-order valence-electron chi connectivity index (χ0n) is 7.25. The number of aliphatic hydroxyl groups excluding tert-OH is 1. The normalized spacial score (nSPS) is 10.1. The first-order valence-electron chi connectivity index (χ1n) is 3.51. The summed E-state index contributed by atoms with van der Waals surface area (Å²) in [5, 5.41) is 8.71. The third kappa shape index (κ3) is 3.25. The summed E-state index contributed by atoms with van der Waals surface area (Å²) in [4.78, 5) is 7.76. The van der Waals surface area contributed by atoms with Gasteiger partial charge in [-0.25, -0.2) is 0 Å². The number of rotatable bonds is 2. The van der Waals surface area contributed by atoms with E-state index in [1.54, 1.807) is 6.07 Å². The molecule has 78 valence electrons. The third-order valence-electron chi connectivity index (χ3n) is 1.42. The Labute approximate surface area is 81.8 Å². The molecular formula is C8H10O5S. The summed E-state index contributed by atoms with van der Waals surface area (Å²) < 4.78 is 30.0. The second-order valence-electron chi connectivity index (χ2n) is 2.24. The smallest absolute Gasteiger partial charge is 0.294 e. The third-order valence-corrected chi connectivity index (χ3v) is 2.37. The summed E-state index contributed by atoms with van der Waals surface area (Å²) in [6.45, 7) is 1.59. The molecule has 0 aliphatic rings. The molecule has 0 atom stereocenters. The summed E-state index contributed by atoms with van der Waals surface area (Å²) in [6, 6.07) is 5.73. The van der Waals surface area contributed by atoms with Crippen molar-refractivity contribution in [1.29, 1.82) is 0 Å². The highest BCUT2D eigenvalue weighted by Gasteiger charge is 2.12. The van der Waals surface area contributed by atoms with Gasteiger partial charge in [-0.2, -0.15) is 8.42 Å². The van der Waals surface area contributed by atoms with Crippen molar-refractivity contribution >= 4 is 16.9 Å². The van der Waals surface area contributed by atoms with Gasteiger partial charge in [0.15, 0.2) is 0 Å². The maximum absolute atomic E-state index is 10.7. The lowest BCUT2D eigenvalue weighted by molar-refractivity contribution is -0.0979. The Morgan fingerprint density at radius 1 is 1.21 bits per heavy atom. The van der Waals surface area contributed by atoms with E-state index in [-0.39, 0.29) is 10.5 Å². The van der Waals surface area contributed by atoms with Crippen LogP contribution in [0.15, 0.2) is 29.2 Å². The number of hydrogen-bond donors (Lipinski definition) is 2. The molecule has 0 aliphatic heterocycles. The molecule has 0 bridgehead atoms. The molecule has 14 heavy (non-hydrogen) atoms. The molecule has 0 saturated carbocycles. The zero-order valence-corrected chi connectivity index (χ0v) is 8.07. The van der Waals surface area contributed by atoms with Gasteiger partial charge in [0.05, 0.1) is 11.5 Å². The van der Waals surface area contributed by atoms with Gasteiger partial charge in [0.2, 0.25) is 0 Å². The predicted octanol–water partition coefficient (Wildman–Crippen LogP) is 0.241. The van der Waals surface area contributed by atoms with Crippen LogP contribution in [0, 0.1) is 0 Å². The van der Waals surface area contributed by atoms with Crippen LogP contribution in [0.4, 0.5) is 0 Å². The molecule has 0 aliphatic carbocycles. The van der Waals surface area contributed by atoms with Gasteiger partial charge in [-0.3, -0.25) is 4.55 Å². The van der Waals surface area contributed by atoms with Crippen molar-refractivity contribution in [2.75, 3.05) is 0 Å². The fourth-order valence-electron chi connectivity index (χ4n) is 0.886. The van der Waals surface area contributed by atoms with Crippen molar-refractivity contribution in [2.24, 2.45) is 0 Å². The monoisotopic (exact) mass is 218 g/mol. The lowest BCUT2D eigenvalue weighted by atomic mass is 10.2. The van der Waals surface area contributed by atoms with Crippen molar-refractivity contribution in [2.45, 2.75) is 11.5 Å². The van der Waals surface area contributed by atoms with Gasteiger partial charge >= 0.3 is 0 Å². The topological polar surface area (TPSA) is 91.7 Å². The fraction of sp³-hybridized carbons (Fsp3) is 0.125. The minimum Gasteiger partial charge on any atom is -0.392 e. The molecule has 1 rings (SSSR count). The zero-order chi connectivity index (χ0) is 11.2. The summed E-state index contributed by atoms with van der Waals surface area (Å²) in [6.07, 6.45) is 0. The Balaban J connectivity index is 0.000000791. The molecule has 2 N–H and O–H groups in total. The van der Waals surface area contributed by atoms with Crippen LogP contribution in [0.25, 0.3) is 0 Å². The highest BCUT2D eigenvalue weighted by Crippen LogP contribution is 2.14. The van der Waals surface area contributed by atoms with Crippen molar-refractivity contribution in [3.63, 3.8) is 0 Å². The standard InChI is InChI=1S/C7H8O4S.CH2O/c8-5-6-3-1-2-4-7(6)12(9,10)11;1-2/h1-4,8H,5H2,(H,9,10,11);1H2. The van der Waals surface area contributed by atoms with Gasteiger partial charge in [-0.05, 0) is 11.6 Å². The van der Waals surface area contributed by atoms with Gasteiger partial charge in [0, 0.05) is 0 Å². The second kappa shape index (κ2) is 5.48. The summed E-state index contributed by atoms with van der Waals surface area (Å²) in [7, 11) is -4.21. The van der Waals surface area contributed by atoms with Crippen LogP contribution in [-0.2, 0) is 21.5 Å². The number of aliphatic hydroxyl groups is 1. The number of carbonyl (C=O) groups is 1. The van der Waals surface area contributed by atoms with Crippen molar-refractivity contribution < 1.29 is 22.9 Å². The van der Waals surface area contributed by atoms with E-state index in [1.807, 2.05) is 6.79 Å². The summed E-state index contributed by atoms with van der Waals surface area (Å²) >= 11 is 0. The van der Waals surface area contributed by atoms with Crippen LogP contribution in [0.5, 0.6) is 0 Å². The van der Waals surface area contributed by atoms with E-state index in [9.17, 15) is 8.42 Å². The van der Waals surface area contributed by atoms with E-state index < -0.39 is 16.7 Å². The van der Waals surface area contributed by atoms with Gasteiger partial charge in [-0.15, -0.1) is 0 Å². The molecule has 0 fully saturated rings. The second-order valence-corrected chi connectivity index (χ2v) is 3.63. The lowest BCUT2D eigenvalue weighted by Gasteiger charge is -2.01. The molecule has 1 aromatic rings. The maximum Gasteiger partial charge on any atom is 0.294 e. The average Bonchev–Trinajstić information content (AvgIpc) is 2.19. The minimum absolute atomic E-state index is 0.194. The van der Waals surface area contributed by atoms with Crippen LogP contribution < -0.4 is 0 Å². The van der Waals surface area contributed by atoms with E-state index >= 15 is 0 Å². The summed E-state index contributed by atoms with van der Waals surface area (Å²) in [5.74, 6) is 0. The predicted molar refractivity (Wildman–Crippen MR) is 49.3 cm³/mol. The number of benzene rings is 1. The Hall–Kier alpha value is -1.24. The molecular weight excluding hydrogens is 208 g/mol. The first-order valence-corrected chi connectivity index (χ1v) is 4.95. The van der Waals surface area contributed by atoms with Crippen LogP contribution in [-0.4, -0.2) is 24.9 Å². The quantitative estimate of drug-likeness (QED) is 0.694. The first kappa shape index (κ1) is 12.8. The van der Waals surface area contributed by atoms with Gasteiger partial charge in [0.1, 0.15) is 6.79 Å². The molecule has 0 unspecified atom stereocenters. The fourth-order valence-corrected chi connectivity index (χ4v) is 1.60. The number of hydrogen-bond acceptors (Lipinski definition) is 4. The molecule has 0 aromatic heterocycles. The molecule has 0 saturated heterocycles. The van der Waals surface area contributed by atoms with Crippen LogP contribution >= 0.6 is 0 Å². The van der Waals surface area contributed by atoms with E-state index in [1.165, 1.54) is 18.2 Å². The van der Waals surface area contributed by atoms with Crippen molar-refractivity contribution in [1.82, 2.24) is 0 Å². The SMILES string of the molecule is C=O.O=S(=O)(O)c1ccccc1CO. The van der Waals surface area contributed by atoms with Gasteiger partial charge in [-0.1, -0.05) is 18.2 Å². The minimum atomic E-state index is -4.21. The highest BCUT2D eigenvalue weighted by atomic mass is 32.2. The maximum atomic E-state index is 10.7. The average molecular weight is 218 g/mol. The van der Waals surface area contributed by atoms with Gasteiger partial charge in [0.25, 0.3) is 10.1 Å². The molecule has 0 amide bonds. The number of carbonyl (C=O) groups excluding carboxylic acids is 1. The summed E-state index contributed by atoms with van der Waals surface area (Å²) in [5.41, 5.74) is 0.194. The van der Waals surface area contributed by atoms with Crippen molar-refractivity contribution in [3.8, 4) is 0 Å². The van der Waals surface area contributed by atoms with E-state index in [0.29, 0.717) is 0 Å². The molecule has 5 nitrogen and oxygen atoms in total. The van der Waals surface area contributed by atoms with E-state index in [2.05, 4.69) is 0 Å². The Morgan fingerprint density at radius 2 is 1.71 bits per heavy atom.